The minimum atomic E-state index is -0.127. The molecule has 7 aromatic carbocycles. The molecule has 0 unspecified atom stereocenters. The molecule has 0 spiro atoms. The maximum Gasteiger partial charge on any atom is 0.235 e. The Morgan fingerprint density at radius 3 is 2.06 bits per heavy atom. The Bertz CT molecular complexity index is 3030. The summed E-state index contributed by atoms with van der Waals surface area (Å²) in [5.74, 6) is 0.655. The highest BCUT2D eigenvalue weighted by atomic mass is 16.3. The average Bonchev–Trinajstić information content (AvgIpc) is 3.76. The predicted octanol–water partition coefficient (Wildman–Crippen LogP) is 11.8. The lowest BCUT2D eigenvalue weighted by Gasteiger charge is -2.21. The highest BCUT2D eigenvalue weighted by Gasteiger charge is 2.36. The van der Waals surface area contributed by atoms with E-state index in [1.807, 2.05) is 12.1 Å². The topological polar surface area (TPSA) is 43.9 Å². The fourth-order valence-corrected chi connectivity index (χ4v) is 8.53. The first-order valence-electron chi connectivity index (χ1n) is 16.8. The summed E-state index contributed by atoms with van der Waals surface area (Å²) in [6, 6.07) is 49.7. The van der Waals surface area contributed by atoms with Crippen molar-refractivity contribution >= 4 is 65.4 Å². The molecule has 49 heavy (non-hydrogen) atoms. The first-order chi connectivity index (χ1) is 24.1. The minimum Gasteiger partial charge on any atom is -0.456 e. The van der Waals surface area contributed by atoms with Gasteiger partial charge in [-0.05, 0) is 69.4 Å². The summed E-state index contributed by atoms with van der Waals surface area (Å²) in [5.41, 5.74) is 11.9. The van der Waals surface area contributed by atoms with E-state index in [9.17, 15) is 0 Å². The molecule has 10 aromatic rings. The Labute approximate surface area is 281 Å². The second kappa shape index (κ2) is 9.42. The second-order valence-corrected chi connectivity index (χ2v) is 13.8. The van der Waals surface area contributed by atoms with Crippen molar-refractivity contribution in [2.75, 3.05) is 0 Å². The van der Waals surface area contributed by atoms with Crippen molar-refractivity contribution in [3.63, 3.8) is 0 Å². The first-order valence-corrected chi connectivity index (χ1v) is 16.8. The van der Waals surface area contributed by atoms with Gasteiger partial charge in [0.15, 0.2) is 0 Å². The predicted molar refractivity (Wildman–Crippen MR) is 202 cm³/mol. The van der Waals surface area contributed by atoms with Gasteiger partial charge in [-0.15, -0.1) is 0 Å². The number of benzene rings is 7. The molecule has 0 amide bonds. The molecule has 0 saturated heterocycles. The molecular formula is C45H29N3O. The van der Waals surface area contributed by atoms with Crippen LogP contribution in [0.5, 0.6) is 0 Å². The molecule has 0 fully saturated rings. The third-order valence-corrected chi connectivity index (χ3v) is 10.8. The number of furan rings is 1. The lowest BCUT2D eigenvalue weighted by Crippen LogP contribution is -2.15. The van der Waals surface area contributed by atoms with Crippen LogP contribution in [0, 0.1) is 0 Å². The quantitative estimate of drug-likeness (QED) is 0.192. The van der Waals surface area contributed by atoms with Crippen molar-refractivity contribution in [1.82, 2.24) is 14.5 Å². The van der Waals surface area contributed by atoms with Gasteiger partial charge in [0.05, 0.1) is 22.2 Å². The number of nitrogens with zero attached hydrogens (tertiary/aromatic N) is 3. The molecule has 11 rings (SSSR count). The summed E-state index contributed by atoms with van der Waals surface area (Å²) in [7, 11) is 0. The zero-order chi connectivity index (χ0) is 32.4. The van der Waals surface area contributed by atoms with Crippen LogP contribution in [0.1, 0.15) is 25.0 Å². The highest BCUT2D eigenvalue weighted by Crippen LogP contribution is 2.51. The van der Waals surface area contributed by atoms with E-state index in [2.05, 4.69) is 146 Å². The highest BCUT2D eigenvalue weighted by molar-refractivity contribution is 6.22. The SMILES string of the molecule is CC1(C)c2ccccc2-c2cc3c4ccccc4n(-c4nc(-c5cc6oc7ccccc7c6c6ccccc56)c5ccccc5n4)c3cc21. The lowest BCUT2D eigenvalue weighted by molar-refractivity contribution is 0.661. The smallest absolute Gasteiger partial charge is 0.235 e. The van der Waals surface area contributed by atoms with Crippen LogP contribution in [0.15, 0.2) is 144 Å². The fourth-order valence-electron chi connectivity index (χ4n) is 8.53. The molecular weight excluding hydrogens is 599 g/mol. The minimum absolute atomic E-state index is 0.127. The maximum atomic E-state index is 6.49. The zero-order valence-corrected chi connectivity index (χ0v) is 27.0. The van der Waals surface area contributed by atoms with Crippen LogP contribution in [-0.2, 0) is 5.41 Å². The molecule has 0 bridgehead atoms. The first kappa shape index (κ1) is 26.8. The molecule has 0 radical (unpaired) electrons. The van der Waals surface area contributed by atoms with Crippen LogP contribution in [-0.4, -0.2) is 14.5 Å². The fraction of sp³-hybridized carbons (Fsp3) is 0.0667. The summed E-state index contributed by atoms with van der Waals surface area (Å²) in [4.78, 5) is 10.8. The van der Waals surface area contributed by atoms with Gasteiger partial charge in [-0.3, -0.25) is 4.57 Å². The number of hydrogen-bond acceptors (Lipinski definition) is 3. The van der Waals surface area contributed by atoms with Gasteiger partial charge in [-0.25, -0.2) is 9.97 Å². The van der Waals surface area contributed by atoms with E-state index in [1.54, 1.807) is 0 Å². The Morgan fingerprint density at radius 1 is 0.490 bits per heavy atom. The summed E-state index contributed by atoms with van der Waals surface area (Å²) < 4.78 is 8.76. The molecule has 0 saturated carbocycles. The molecule has 0 aliphatic heterocycles. The average molecular weight is 628 g/mol. The van der Waals surface area contributed by atoms with Crippen molar-refractivity contribution in [1.29, 1.82) is 0 Å². The van der Waals surface area contributed by atoms with Gasteiger partial charge >= 0.3 is 0 Å². The Balaban J connectivity index is 1.25. The standard InChI is InChI=1S/C45H29N3O/c1-45(2)35-19-9-5-14-27(35)32-23-33-28-15-7-11-21-38(28)48(39(33)25-36(32)45)44-46-37-20-10-6-17-30(37)43(47-44)34-24-41-42(29-16-4-3-13-26(29)34)31-18-8-12-22-40(31)49-41/h3-25H,1-2H3. The Kier molecular flexibility index (Phi) is 5.15. The molecule has 1 aliphatic carbocycles. The number of rotatable bonds is 2. The molecule has 4 nitrogen and oxygen atoms in total. The zero-order valence-electron chi connectivity index (χ0n) is 27.0. The summed E-state index contributed by atoms with van der Waals surface area (Å²) in [5, 5.41) is 7.94. The van der Waals surface area contributed by atoms with Crippen LogP contribution in [0.4, 0.5) is 0 Å². The van der Waals surface area contributed by atoms with E-state index < -0.39 is 0 Å². The van der Waals surface area contributed by atoms with E-state index in [0.717, 1.165) is 65.9 Å². The van der Waals surface area contributed by atoms with Gasteiger partial charge < -0.3 is 4.42 Å². The monoisotopic (exact) mass is 627 g/mol. The molecule has 3 aromatic heterocycles. The van der Waals surface area contributed by atoms with Crippen molar-refractivity contribution in [3.05, 3.63) is 151 Å². The van der Waals surface area contributed by atoms with Crippen molar-refractivity contribution < 1.29 is 4.42 Å². The summed E-state index contributed by atoms with van der Waals surface area (Å²) in [6.07, 6.45) is 0. The largest absolute Gasteiger partial charge is 0.456 e. The normalized spacial score (nSPS) is 13.7. The van der Waals surface area contributed by atoms with E-state index in [4.69, 9.17) is 14.4 Å². The van der Waals surface area contributed by atoms with Crippen molar-refractivity contribution in [2.45, 2.75) is 19.3 Å². The van der Waals surface area contributed by atoms with Crippen LogP contribution in [0.2, 0.25) is 0 Å². The van der Waals surface area contributed by atoms with Crippen molar-refractivity contribution in [3.8, 4) is 28.3 Å². The summed E-state index contributed by atoms with van der Waals surface area (Å²) >= 11 is 0. The number of hydrogen-bond donors (Lipinski definition) is 0. The van der Waals surface area contributed by atoms with E-state index >= 15 is 0 Å². The van der Waals surface area contributed by atoms with E-state index in [-0.39, 0.29) is 5.41 Å². The molecule has 1 aliphatic rings. The Hall–Kier alpha value is -6.26. The Morgan fingerprint density at radius 2 is 1.18 bits per heavy atom. The van der Waals surface area contributed by atoms with Gasteiger partial charge in [0, 0.05) is 37.9 Å². The number of para-hydroxylation sites is 3. The molecule has 3 heterocycles. The van der Waals surface area contributed by atoms with Crippen LogP contribution >= 0.6 is 0 Å². The van der Waals surface area contributed by atoms with E-state index in [0.29, 0.717) is 5.95 Å². The molecule has 0 atom stereocenters. The van der Waals surface area contributed by atoms with Gasteiger partial charge in [0.25, 0.3) is 0 Å². The van der Waals surface area contributed by atoms with Crippen LogP contribution in [0.25, 0.3) is 93.8 Å². The van der Waals surface area contributed by atoms with Gasteiger partial charge in [0.2, 0.25) is 5.95 Å². The van der Waals surface area contributed by atoms with Crippen molar-refractivity contribution in [2.24, 2.45) is 0 Å². The second-order valence-electron chi connectivity index (χ2n) is 13.8. The third-order valence-electron chi connectivity index (χ3n) is 10.8. The summed E-state index contributed by atoms with van der Waals surface area (Å²) in [6.45, 7) is 4.67. The van der Waals surface area contributed by atoms with Gasteiger partial charge in [-0.2, -0.15) is 0 Å². The number of fused-ring (bicyclic) bond motifs is 12. The van der Waals surface area contributed by atoms with Gasteiger partial charge in [0.1, 0.15) is 11.2 Å². The van der Waals surface area contributed by atoms with Crippen LogP contribution < -0.4 is 0 Å². The van der Waals surface area contributed by atoms with Crippen LogP contribution in [0.3, 0.4) is 0 Å². The molecule has 230 valence electrons. The van der Waals surface area contributed by atoms with E-state index in [1.165, 1.54) is 33.0 Å². The van der Waals surface area contributed by atoms with Gasteiger partial charge in [-0.1, -0.05) is 117 Å². The lowest BCUT2D eigenvalue weighted by atomic mass is 9.82. The third kappa shape index (κ3) is 3.53. The molecule has 0 N–H and O–H groups in total. The maximum absolute atomic E-state index is 6.49. The molecule has 4 heteroatoms. The number of aromatic nitrogens is 3.